The number of nitrogens with one attached hydrogen (secondary N) is 1. The van der Waals surface area contributed by atoms with Gasteiger partial charge in [0.1, 0.15) is 5.82 Å². The Morgan fingerprint density at radius 2 is 1.95 bits per heavy atom. The Morgan fingerprint density at radius 1 is 1.25 bits per heavy atom. The second-order valence-corrected chi connectivity index (χ2v) is 6.34. The van der Waals surface area contributed by atoms with Gasteiger partial charge in [0, 0.05) is 6.04 Å². The van der Waals surface area contributed by atoms with Gasteiger partial charge in [0.05, 0.1) is 0 Å². The van der Waals surface area contributed by atoms with Gasteiger partial charge in [0.25, 0.3) is 0 Å². The molecule has 1 unspecified atom stereocenters. The summed E-state index contributed by atoms with van der Waals surface area (Å²) in [4.78, 5) is 0. The molecule has 0 saturated heterocycles. The van der Waals surface area contributed by atoms with E-state index in [1.807, 2.05) is 20.0 Å². The number of aryl methyl sites for hydroxylation is 1. The van der Waals surface area contributed by atoms with Crippen LogP contribution in [-0.4, -0.2) is 7.05 Å². The second-order valence-electron chi connectivity index (χ2n) is 6.34. The molecule has 0 bridgehead atoms. The quantitative estimate of drug-likeness (QED) is 0.798. The Labute approximate surface area is 123 Å². The lowest BCUT2D eigenvalue weighted by Crippen LogP contribution is -2.29. The summed E-state index contributed by atoms with van der Waals surface area (Å²) >= 11 is 0. The van der Waals surface area contributed by atoms with Crippen LogP contribution in [-0.2, 0) is 0 Å². The van der Waals surface area contributed by atoms with E-state index in [-0.39, 0.29) is 5.82 Å². The molecule has 1 nitrogen and oxygen atoms in total. The summed E-state index contributed by atoms with van der Waals surface area (Å²) < 4.78 is 13.8. The van der Waals surface area contributed by atoms with Crippen molar-refractivity contribution in [1.82, 2.24) is 5.32 Å². The van der Waals surface area contributed by atoms with Crippen molar-refractivity contribution in [2.45, 2.75) is 58.4 Å². The van der Waals surface area contributed by atoms with Gasteiger partial charge in [0.15, 0.2) is 0 Å². The fourth-order valence-corrected chi connectivity index (χ4v) is 3.70. The van der Waals surface area contributed by atoms with E-state index in [1.54, 1.807) is 6.07 Å². The molecule has 1 atom stereocenters. The Morgan fingerprint density at radius 3 is 2.50 bits per heavy atom. The number of benzene rings is 1. The van der Waals surface area contributed by atoms with Crippen LogP contribution in [0.4, 0.5) is 4.39 Å². The van der Waals surface area contributed by atoms with Crippen molar-refractivity contribution in [1.29, 1.82) is 0 Å². The Bertz CT molecular complexity index is 421. The predicted molar refractivity (Wildman–Crippen MR) is 83.3 cm³/mol. The van der Waals surface area contributed by atoms with Crippen LogP contribution in [0.5, 0.6) is 0 Å². The molecular weight excluding hydrogens is 249 g/mol. The minimum absolute atomic E-state index is 0.0811. The SMILES string of the molecule is CCCC1CCC(C(NC)c2ccc(C)c(F)c2)CC1. The maximum absolute atomic E-state index is 13.8. The molecule has 0 amide bonds. The molecule has 0 spiro atoms. The molecule has 1 fully saturated rings. The van der Waals surface area contributed by atoms with Crippen molar-refractivity contribution in [2.75, 3.05) is 7.05 Å². The highest BCUT2D eigenvalue weighted by atomic mass is 19.1. The average molecular weight is 277 g/mol. The fourth-order valence-electron chi connectivity index (χ4n) is 3.70. The van der Waals surface area contributed by atoms with Gasteiger partial charge in [-0.15, -0.1) is 0 Å². The molecule has 1 aromatic carbocycles. The molecule has 2 heteroatoms. The second kappa shape index (κ2) is 7.21. The first-order chi connectivity index (χ1) is 9.65. The van der Waals surface area contributed by atoms with Crippen LogP contribution in [0.25, 0.3) is 0 Å². The molecule has 0 heterocycles. The molecule has 112 valence electrons. The van der Waals surface area contributed by atoms with Crippen LogP contribution in [0.2, 0.25) is 0 Å². The third-order valence-corrected chi connectivity index (χ3v) is 4.93. The summed E-state index contributed by atoms with van der Waals surface area (Å²) in [5, 5.41) is 3.41. The van der Waals surface area contributed by atoms with Crippen molar-refractivity contribution in [2.24, 2.45) is 11.8 Å². The average Bonchev–Trinajstić information content (AvgIpc) is 2.46. The Balaban J connectivity index is 2.03. The summed E-state index contributed by atoms with van der Waals surface area (Å²) in [6.07, 6.45) is 7.89. The van der Waals surface area contributed by atoms with Gasteiger partial charge in [-0.2, -0.15) is 0 Å². The predicted octanol–water partition coefficient (Wildman–Crippen LogP) is 5.00. The minimum atomic E-state index is -0.0811. The molecule has 0 aromatic heterocycles. The molecule has 0 aliphatic heterocycles. The highest BCUT2D eigenvalue weighted by Gasteiger charge is 2.27. The highest BCUT2D eigenvalue weighted by Crippen LogP contribution is 2.38. The molecule has 1 saturated carbocycles. The van der Waals surface area contributed by atoms with Crippen molar-refractivity contribution in [3.8, 4) is 0 Å². The molecule has 2 rings (SSSR count). The Kier molecular flexibility index (Phi) is 5.59. The molecule has 1 N–H and O–H groups in total. The third kappa shape index (κ3) is 3.60. The molecule has 0 radical (unpaired) electrons. The lowest BCUT2D eigenvalue weighted by Gasteiger charge is -2.34. The van der Waals surface area contributed by atoms with E-state index in [0.717, 1.165) is 17.0 Å². The van der Waals surface area contributed by atoms with Gasteiger partial charge < -0.3 is 5.32 Å². The first-order valence-electron chi connectivity index (χ1n) is 8.09. The van der Waals surface area contributed by atoms with Crippen LogP contribution >= 0.6 is 0 Å². The monoisotopic (exact) mass is 277 g/mol. The van der Waals surface area contributed by atoms with Gasteiger partial charge >= 0.3 is 0 Å². The molecule has 1 aromatic rings. The van der Waals surface area contributed by atoms with Gasteiger partial charge in [-0.1, -0.05) is 44.7 Å². The largest absolute Gasteiger partial charge is 0.313 e. The zero-order chi connectivity index (χ0) is 14.5. The van der Waals surface area contributed by atoms with Gasteiger partial charge in [0.2, 0.25) is 0 Å². The highest BCUT2D eigenvalue weighted by molar-refractivity contribution is 5.26. The van der Waals surface area contributed by atoms with Crippen LogP contribution in [0.1, 0.15) is 62.6 Å². The lowest BCUT2D eigenvalue weighted by molar-refractivity contribution is 0.219. The smallest absolute Gasteiger partial charge is 0.126 e. The number of rotatable bonds is 5. The Hall–Kier alpha value is -0.890. The van der Waals surface area contributed by atoms with Gasteiger partial charge in [-0.3, -0.25) is 0 Å². The van der Waals surface area contributed by atoms with E-state index in [9.17, 15) is 4.39 Å². The van der Waals surface area contributed by atoms with E-state index in [4.69, 9.17) is 0 Å². The maximum Gasteiger partial charge on any atom is 0.126 e. The summed E-state index contributed by atoms with van der Waals surface area (Å²) in [6.45, 7) is 4.10. The number of hydrogen-bond donors (Lipinski definition) is 1. The lowest BCUT2D eigenvalue weighted by atomic mass is 9.75. The molecule has 1 aliphatic rings. The van der Waals surface area contributed by atoms with E-state index in [2.05, 4.69) is 18.3 Å². The normalized spacial score (nSPS) is 24.6. The first-order valence-corrected chi connectivity index (χ1v) is 8.09. The molecule has 20 heavy (non-hydrogen) atoms. The minimum Gasteiger partial charge on any atom is -0.313 e. The van der Waals surface area contributed by atoms with Crippen LogP contribution in [0, 0.1) is 24.6 Å². The molecule has 1 aliphatic carbocycles. The zero-order valence-electron chi connectivity index (χ0n) is 13.1. The maximum atomic E-state index is 13.8. The summed E-state index contributed by atoms with van der Waals surface area (Å²) in [6, 6.07) is 6.00. The van der Waals surface area contributed by atoms with E-state index >= 15 is 0 Å². The summed E-state index contributed by atoms with van der Waals surface area (Å²) in [7, 11) is 2.00. The number of halogens is 1. The molecular formula is C18H28FN. The van der Waals surface area contributed by atoms with Crippen LogP contribution in [0.3, 0.4) is 0 Å². The number of hydrogen-bond acceptors (Lipinski definition) is 1. The van der Waals surface area contributed by atoms with Gasteiger partial charge in [-0.05, 0) is 55.8 Å². The summed E-state index contributed by atoms with van der Waals surface area (Å²) in [5.41, 5.74) is 1.84. The van der Waals surface area contributed by atoms with Crippen molar-refractivity contribution in [3.63, 3.8) is 0 Å². The standard InChI is InChI=1S/C18H28FN/c1-4-5-14-7-10-15(11-8-14)18(20-3)16-9-6-13(2)17(19)12-16/h6,9,12,14-15,18,20H,4-5,7-8,10-11H2,1-3H3. The van der Waals surface area contributed by atoms with Crippen molar-refractivity contribution >= 4 is 0 Å². The van der Waals surface area contributed by atoms with E-state index < -0.39 is 0 Å². The van der Waals surface area contributed by atoms with Crippen molar-refractivity contribution in [3.05, 3.63) is 35.1 Å². The van der Waals surface area contributed by atoms with Crippen LogP contribution < -0.4 is 5.32 Å². The van der Waals surface area contributed by atoms with E-state index in [0.29, 0.717) is 12.0 Å². The zero-order valence-corrected chi connectivity index (χ0v) is 13.1. The third-order valence-electron chi connectivity index (χ3n) is 4.93. The topological polar surface area (TPSA) is 12.0 Å². The van der Waals surface area contributed by atoms with Crippen LogP contribution in [0.15, 0.2) is 18.2 Å². The van der Waals surface area contributed by atoms with Crippen molar-refractivity contribution < 1.29 is 4.39 Å². The summed E-state index contributed by atoms with van der Waals surface area (Å²) in [5.74, 6) is 1.49. The fraction of sp³-hybridized carbons (Fsp3) is 0.667. The first kappa shape index (κ1) is 15.5. The van der Waals surface area contributed by atoms with E-state index in [1.165, 1.54) is 38.5 Å². The van der Waals surface area contributed by atoms with Gasteiger partial charge in [-0.25, -0.2) is 4.39 Å².